The van der Waals surface area contributed by atoms with E-state index in [0.29, 0.717) is 5.88 Å². The second kappa shape index (κ2) is 5.19. The van der Waals surface area contributed by atoms with Crippen LogP contribution in [-0.2, 0) is 6.42 Å². The van der Waals surface area contributed by atoms with Gasteiger partial charge in [-0.2, -0.15) is 0 Å². The zero-order valence-corrected chi connectivity index (χ0v) is 11.8. The molecule has 2 rings (SSSR count). The third-order valence-corrected chi connectivity index (χ3v) is 4.56. The standard InChI is InChI=1S/C12H16ClN3S/c1-4-9-5-10-11(16(3)8(2)6-13)14-7-15-12(10)17-9/h5,7-8H,4,6H2,1-3H3. The largest absolute Gasteiger partial charge is 0.355 e. The Morgan fingerprint density at radius 1 is 1.47 bits per heavy atom. The van der Waals surface area contributed by atoms with E-state index in [0.717, 1.165) is 22.5 Å². The molecular weight excluding hydrogens is 254 g/mol. The second-order valence-corrected chi connectivity index (χ2v) is 5.52. The lowest BCUT2D eigenvalue weighted by atomic mass is 10.2. The maximum absolute atomic E-state index is 5.90. The van der Waals surface area contributed by atoms with Gasteiger partial charge in [-0.25, -0.2) is 9.97 Å². The molecular formula is C12H16ClN3S. The highest BCUT2D eigenvalue weighted by atomic mass is 35.5. The molecule has 1 atom stereocenters. The molecule has 3 nitrogen and oxygen atoms in total. The minimum absolute atomic E-state index is 0.264. The van der Waals surface area contributed by atoms with Gasteiger partial charge in [-0.15, -0.1) is 22.9 Å². The molecule has 0 aliphatic carbocycles. The van der Waals surface area contributed by atoms with E-state index in [2.05, 4.69) is 34.8 Å². The first-order valence-electron chi connectivity index (χ1n) is 5.69. The van der Waals surface area contributed by atoms with Crippen molar-refractivity contribution in [3.63, 3.8) is 0 Å². The van der Waals surface area contributed by atoms with Crippen molar-refractivity contribution in [2.75, 3.05) is 17.8 Å². The predicted molar refractivity (Wildman–Crippen MR) is 75.4 cm³/mol. The van der Waals surface area contributed by atoms with Crippen LogP contribution in [0.2, 0.25) is 0 Å². The number of aryl methyl sites for hydroxylation is 1. The summed E-state index contributed by atoms with van der Waals surface area (Å²) in [7, 11) is 2.03. The van der Waals surface area contributed by atoms with E-state index in [-0.39, 0.29) is 6.04 Å². The van der Waals surface area contributed by atoms with Crippen LogP contribution < -0.4 is 4.90 Å². The number of hydrogen-bond donors (Lipinski definition) is 0. The summed E-state index contributed by atoms with van der Waals surface area (Å²) >= 11 is 7.64. The van der Waals surface area contributed by atoms with Crippen molar-refractivity contribution in [1.29, 1.82) is 0 Å². The van der Waals surface area contributed by atoms with Crippen LogP contribution in [0, 0.1) is 0 Å². The number of aromatic nitrogens is 2. The fourth-order valence-corrected chi connectivity index (χ4v) is 2.80. The van der Waals surface area contributed by atoms with Crippen LogP contribution in [-0.4, -0.2) is 28.9 Å². The molecule has 5 heteroatoms. The fraction of sp³-hybridized carbons (Fsp3) is 0.500. The van der Waals surface area contributed by atoms with Crippen LogP contribution >= 0.6 is 22.9 Å². The van der Waals surface area contributed by atoms with Crippen molar-refractivity contribution in [2.24, 2.45) is 0 Å². The van der Waals surface area contributed by atoms with Crippen molar-refractivity contribution >= 4 is 39.0 Å². The number of hydrogen-bond acceptors (Lipinski definition) is 4. The summed E-state index contributed by atoms with van der Waals surface area (Å²) < 4.78 is 0. The third kappa shape index (κ3) is 2.38. The molecule has 0 saturated carbocycles. The highest BCUT2D eigenvalue weighted by Gasteiger charge is 2.15. The topological polar surface area (TPSA) is 29.0 Å². The Morgan fingerprint density at radius 3 is 2.88 bits per heavy atom. The zero-order valence-electron chi connectivity index (χ0n) is 10.3. The highest BCUT2D eigenvalue weighted by Crippen LogP contribution is 2.30. The predicted octanol–water partition coefficient (Wildman–Crippen LogP) is 3.32. The lowest BCUT2D eigenvalue weighted by Gasteiger charge is -2.24. The van der Waals surface area contributed by atoms with Crippen LogP contribution in [0.25, 0.3) is 10.2 Å². The van der Waals surface area contributed by atoms with Gasteiger partial charge in [-0.1, -0.05) is 6.92 Å². The van der Waals surface area contributed by atoms with Gasteiger partial charge in [0.2, 0.25) is 0 Å². The van der Waals surface area contributed by atoms with E-state index in [4.69, 9.17) is 11.6 Å². The summed E-state index contributed by atoms with van der Waals surface area (Å²) in [5, 5.41) is 1.13. The molecule has 0 aliphatic heterocycles. The maximum Gasteiger partial charge on any atom is 0.140 e. The summed E-state index contributed by atoms with van der Waals surface area (Å²) in [4.78, 5) is 13.2. The maximum atomic E-state index is 5.90. The number of halogens is 1. The number of alkyl halides is 1. The number of rotatable bonds is 4. The van der Waals surface area contributed by atoms with Gasteiger partial charge in [0.05, 0.1) is 5.39 Å². The Bertz CT molecular complexity index is 511. The van der Waals surface area contributed by atoms with E-state index >= 15 is 0 Å². The summed E-state index contributed by atoms with van der Waals surface area (Å²) in [6.45, 7) is 4.25. The molecule has 0 N–H and O–H groups in total. The van der Waals surface area contributed by atoms with Gasteiger partial charge in [-0.05, 0) is 19.4 Å². The van der Waals surface area contributed by atoms with E-state index in [1.807, 2.05) is 7.05 Å². The molecule has 17 heavy (non-hydrogen) atoms. The quantitative estimate of drug-likeness (QED) is 0.798. The van der Waals surface area contributed by atoms with Crippen LogP contribution in [0.15, 0.2) is 12.4 Å². The van der Waals surface area contributed by atoms with Gasteiger partial charge < -0.3 is 4.90 Å². The van der Waals surface area contributed by atoms with E-state index < -0.39 is 0 Å². The molecule has 0 radical (unpaired) electrons. The molecule has 0 spiro atoms. The van der Waals surface area contributed by atoms with Crippen LogP contribution in [0.5, 0.6) is 0 Å². The molecule has 0 amide bonds. The highest BCUT2D eigenvalue weighted by molar-refractivity contribution is 7.18. The van der Waals surface area contributed by atoms with E-state index in [9.17, 15) is 0 Å². The lowest BCUT2D eigenvalue weighted by Crippen LogP contribution is -2.31. The molecule has 2 aromatic rings. The third-order valence-electron chi connectivity index (χ3n) is 2.93. The number of nitrogens with zero attached hydrogens (tertiary/aromatic N) is 3. The van der Waals surface area contributed by atoms with E-state index in [1.165, 1.54) is 4.88 Å². The first-order chi connectivity index (χ1) is 8.17. The van der Waals surface area contributed by atoms with Gasteiger partial charge in [0.1, 0.15) is 17.0 Å². The lowest BCUT2D eigenvalue weighted by molar-refractivity contribution is 0.752. The average Bonchev–Trinajstić information content (AvgIpc) is 2.79. The second-order valence-electron chi connectivity index (χ2n) is 4.10. The molecule has 0 aromatic carbocycles. The molecule has 2 aromatic heterocycles. The zero-order chi connectivity index (χ0) is 12.4. The number of anilines is 1. The van der Waals surface area contributed by atoms with Crippen molar-refractivity contribution in [3.8, 4) is 0 Å². The average molecular weight is 270 g/mol. The summed E-state index contributed by atoms with van der Waals surface area (Å²) in [5.41, 5.74) is 0. The first-order valence-corrected chi connectivity index (χ1v) is 7.04. The van der Waals surface area contributed by atoms with Crippen molar-refractivity contribution in [3.05, 3.63) is 17.3 Å². The Morgan fingerprint density at radius 2 is 2.24 bits per heavy atom. The molecule has 0 saturated heterocycles. The van der Waals surface area contributed by atoms with Gasteiger partial charge in [0.15, 0.2) is 0 Å². The smallest absolute Gasteiger partial charge is 0.140 e. The van der Waals surface area contributed by atoms with E-state index in [1.54, 1.807) is 17.7 Å². The summed E-state index contributed by atoms with van der Waals surface area (Å²) in [5.74, 6) is 1.56. The SMILES string of the molecule is CCc1cc2c(N(C)C(C)CCl)ncnc2s1. The fourth-order valence-electron chi connectivity index (χ4n) is 1.66. The minimum atomic E-state index is 0.264. The molecule has 92 valence electrons. The minimum Gasteiger partial charge on any atom is -0.355 e. The first kappa shape index (κ1) is 12.6. The summed E-state index contributed by atoms with van der Waals surface area (Å²) in [6.07, 6.45) is 2.67. The molecule has 1 unspecified atom stereocenters. The van der Waals surface area contributed by atoms with Gasteiger partial charge in [0, 0.05) is 23.8 Å². The molecule has 2 heterocycles. The number of fused-ring (bicyclic) bond motifs is 1. The van der Waals surface area contributed by atoms with Crippen molar-refractivity contribution < 1.29 is 0 Å². The number of thiophene rings is 1. The molecule has 0 aliphatic rings. The Balaban J connectivity index is 2.49. The van der Waals surface area contributed by atoms with Crippen molar-refractivity contribution in [2.45, 2.75) is 26.3 Å². The van der Waals surface area contributed by atoms with Gasteiger partial charge >= 0.3 is 0 Å². The molecule has 0 bridgehead atoms. The van der Waals surface area contributed by atoms with Crippen LogP contribution in [0.4, 0.5) is 5.82 Å². The Hall–Kier alpha value is -0.870. The Labute approximate surface area is 110 Å². The monoisotopic (exact) mass is 269 g/mol. The van der Waals surface area contributed by atoms with Crippen LogP contribution in [0.1, 0.15) is 18.7 Å². The normalized spacial score (nSPS) is 12.9. The van der Waals surface area contributed by atoms with Gasteiger partial charge in [-0.3, -0.25) is 0 Å². The van der Waals surface area contributed by atoms with Crippen molar-refractivity contribution in [1.82, 2.24) is 9.97 Å². The van der Waals surface area contributed by atoms with Crippen LogP contribution in [0.3, 0.4) is 0 Å². The Kier molecular flexibility index (Phi) is 3.84. The van der Waals surface area contributed by atoms with Gasteiger partial charge in [0.25, 0.3) is 0 Å². The molecule has 0 fully saturated rings. The summed E-state index contributed by atoms with van der Waals surface area (Å²) in [6, 6.07) is 2.45.